The fraction of sp³-hybridized carbons (Fsp3) is 0.474. The first-order valence-electron chi connectivity index (χ1n) is 9.15. The second-order valence-electron chi connectivity index (χ2n) is 6.72. The summed E-state index contributed by atoms with van der Waals surface area (Å²) in [7, 11) is 4.79. The molecule has 1 atom stereocenters. The smallest absolute Gasteiger partial charge is 0.221 e. The lowest BCUT2D eigenvalue weighted by Crippen LogP contribution is -2.35. The molecule has 28 heavy (non-hydrogen) atoms. The van der Waals surface area contributed by atoms with Crippen molar-refractivity contribution in [1.29, 1.82) is 0 Å². The number of hydrogen-bond acceptors (Lipinski definition) is 9. The molecule has 0 N–H and O–H groups in total. The summed E-state index contributed by atoms with van der Waals surface area (Å²) >= 11 is 0. The lowest BCUT2D eigenvalue weighted by Gasteiger charge is -2.32. The van der Waals surface area contributed by atoms with Crippen molar-refractivity contribution in [1.82, 2.24) is 20.4 Å². The number of piperidine rings is 1. The van der Waals surface area contributed by atoms with Crippen LogP contribution in [0.15, 0.2) is 16.7 Å². The normalized spacial score (nSPS) is 17.0. The number of anilines is 1. The van der Waals surface area contributed by atoms with E-state index in [1.54, 1.807) is 34.4 Å². The van der Waals surface area contributed by atoms with E-state index in [4.69, 9.17) is 18.6 Å². The zero-order chi connectivity index (χ0) is 19.7. The highest BCUT2D eigenvalue weighted by Crippen LogP contribution is 2.45. The quantitative estimate of drug-likeness (QED) is 0.657. The SMILES string of the molecule is COc1cc2c(N3CCCC(c4nnc(C)o4)C3)nncc2c(OC)c1OC. The molecule has 1 saturated heterocycles. The standard InChI is InChI=1S/C19H23N5O4/c1-11-21-23-19(28-11)12-6-5-7-24(10-12)18-13-8-15(25-2)17(27-4)16(26-3)14(13)9-20-22-18/h8-9,12H,5-7,10H2,1-4H3. The molecule has 0 amide bonds. The largest absolute Gasteiger partial charge is 0.493 e. The van der Waals surface area contributed by atoms with E-state index in [1.807, 2.05) is 6.07 Å². The highest BCUT2D eigenvalue weighted by molar-refractivity contribution is 5.99. The van der Waals surface area contributed by atoms with Crippen molar-refractivity contribution >= 4 is 16.6 Å². The van der Waals surface area contributed by atoms with Crippen molar-refractivity contribution in [2.75, 3.05) is 39.3 Å². The summed E-state index contributed by atoms with van der Waals surface area (Å²) in [5.74, 6) is 3.89. The van der Waals surface area contributed by atoms with E-state index in [0.717, 1.165) is 42.5 Å². The second kappa shape index (κ2) is 7.49. The number of benzene rings is 1. The molecular weight excluding hydrogens is 362 g/mol. The van der Waals surface area contributed by atoms with Crippen LogP contribution in [0.3, 0.4) is 0 Å². The Hall–Kier alpha value is -3.10. The Balaban J connectivity index is 1.78. The van der Waals surface area contributed by atoms with Crippen LogP contribution in [0.25, 0.3) is 10.8 Å². The Bertz CT molecular complexity index is 990. The van der Waals surface area contributed by atoms with E-state index in [1.165, 1.54) is 0 Å². The predicted octanol–water partition coefficient (Wildman–Crippen LogP) is 2.73. The third-order valence-corrected chi connectivity index (χ3v) is 5.06. The molecule has 1 fully saturated rings. The Morgan fingerprint density at radius 2 is 1.86 bits per heavy atom. The lowest BCUT2D eigenvalue weighted by molar-refractivity contribution is 0.327. The zero-order valence-electron chi connectivity index (χ0n) is 16.4. The van der Waals surface area contributed by atoms with Crippen LogP contribution in [-0.2, 0) is 0 Å². The molecule has 3 heterocycles. The zero-order valence-corrected chi connectivity index (χ0v) is 16.4. The van der Waals surface area contributed by atoms with E-state index in [9.17, 15) is 0 Å². The third kappa shape index (κ3) is 3.06. The van der Waals surface area contributed by atoms with E-state index >= 15 is 0 Å². The highest BCUT2D eigenvalue weighted by atomic mass is 16.5. The first-order valence-corrected chi connectivity index (χ1v) is 9.15. The molecule has 9 heteroatoms. The fourth-order valence-corrected chi connectivity index (χ4v) is 3.77. The van der Waals surface area contributed by atoms with Crippen LogP contribution >= 0.6 is 0 Å². The summed E-state index contributed by atoms with van der Waals surface area (Å²) in [6, 6.07) is 1.92. The molecule has 148 valence electrons. The maximum absolute atomic E-state index is 5.66. The van der Waals surface area contributed by atoms with Crippen molar-refractivity contribution in [2.24, 2.45) is 0 Å². The predicted molar refractivity (Wildman–Crippen MR) is 102 cm³/mol. The van der Waals surface area contributed by atoms with Gasteiger partial charge < -0.3 is 23.5 Å². The van der Waals surface area contributed by atoms with Crippen LogP contribution in [0, 0.1) is 6.92 Å². The van der Waals surface area contributed by atoms with Gasteiger partial charge in [0.25, 0.3) is 0 Å². The lowest BCUT2D eigenvalue weighted by atomic mass is 9.97. The summed E-state index contributed by atoms with van der Waals surface area (Å²) in [5.41, 5.74) is 0. The summed E-state index contributed by atoms with van der Waals surface area (Å²) in [6.45, 7) is 3.40. The molecule has 1 unspecified atom stereocenters. The Morgan fingerprint density at radius 1 is 1.04 bits per heavy atom. The molecule has 0 radical (unpaired) electrons. The van der Waals surface area contributed by atoms with E-state index in [2.05, 4.69) is 25.3 Å². The van der Waals surface area contributed by atoms with Crippen LogP contribution in [-0.4, -0.2) is 54.8 Å². The Labute approximate surface area is 162 Å². The first-order chi connectivity index (χ1) is 13.7. The van der Waals surface area contributed by atoms with Gasteiger partial charge in [-0.1, -0.05) is 0 Å². The molecule has 0 bridgehead atoms. The van der Waals surface area contributed by atoms with Crippen LogP contribution in [0.2, 0.25) is 0 Å². The van der Waals surface area contributed by atoms with Gasteiger partial charge in [0.05, 0.1) is 38.8 Å². The van der Waals surface area contributed by atoms with Crippen LogP contribution in [0.5, 0.6) is 17.2 Å². The van der Waals surface area contributed by atoms with Gasteiger partial charge in [0.1, 0.15) is 0 Å². The molecule has 0 aliphatic carbocycles. The Kier molecular flexibility index (Phi) is 4.89. The van der Waals surface area contributed by atoms with Gasteiger partial charge >= 0.3 is 0 Å². The molecule has 1 aliphatic rings. The average Bonchev–Trinajstić information content (AvgIpc) is 3.18. The van der Waals surface area contributed by atoms with Crippen molar-refractivity contribution in [2.45, 2.75) is 25.7 Å². The molecule has 0 saturated carbocycles. The fourth-order valence-electron chi connectivity index (χ4n) is 3.77. The Morgan fingerprint density at radius 3 is 2.54 bits per heavy atom. The molecule has 2 aromatic heterocycles. The summed E-state index contributed by atoms with van der Waals surface area (Å²) in [6.07, 6.45) is 3.67. The number of fused-ring (bicyclic) bond motifs is 1. The maximum Gasteiger partial charge on any atom is 0.221 e. The van der Waals surface area contributed by atoms with Gasteiger partial charge in [-0.3, -0.25) is 0 Å². The van der Waals surface area contributed by atoms with Gasteiger partial charge in [-0.25, -0.2) is 0 Å². The van der Waals surface area contributed by atoms with Gasteiger partial charge in [-0.2, -0.15) is 5.10 Å². The van der Waals surface area contributed by atoms with Crippen LogP contribution in [0.1, 0.15) is 30.5 Å². The maximum atomic E-state index is 5.66. The molecule has 0 spiro atoms. The van der Waals surface area contributed by atoms with Crippen molar-refractivity contribution in [3.8, 4) is 17.2 Å². The number of methoxy groups -OCH3 is 3. The van der Waals surface area contributed by atoms with Gasteiger partial charge in [0, 0.05) is 25.4 Å². The molecule has 4 rings (SSSR count). The molecule has 1 aliphatic heterocycles. The van der Waals surface area contributed by atoms with E-state index in [-0.39, 0.29) is 5.92 Å². The molecule has 1 aromatic carbocycles. The number of nitrogens with zero attached hydrogens (tertiary/aromatic N) is 5. The molecule has 3 aromatic rings. The molecule has 9 nitrogen and oxygen atoms in total. The van der Waals surface area contributed by atoms with Gasteiger partial charge in [0.2, 0.25) is 17.5 Å². The number of ether oxygens (including phenoxy) is 3. The van der Waals surface area contributed by atoms with Crippen LogP contribution in [0.4, 0.5) is 5.82 Å². The van der Waals surface area contributed by atoms with Crippen molar-refractivity contribution in [3.63, 3.8) is 0 Å². The summed E-state index contributed by atoms with van der Waals surface area (Å²) in [4.78, 5) is 2.20. The number of aromatic nitrogens is 4. The minimum atomic E-state index is 0.161. The second-order valence-corrected chi connectivity index (χ2v) is 6.72. The number of hydrogen-bond donors (Lipinski definition) is 0. The van der Waals surface area contributed by atoms with E-state index in [0.29, 0.717) is 29.0 Å². The first kappa shape index (κ1) is 18.3. The van der Waals surface area contributed by atoms with Gasteiger partial charge in [0.15, 0.2) is 17.3 Å². The number of rotatable bonds is 5. The van der Waals surface area contributed by atoms with Gasteiger partial charge in [-0.15, -0.1) is 15.3 Å². The summed E-state index contributed by atoms with van der Waals surface area (Å²) in [5, 5.41) is 18.5. The van der Waals surface area contributed by atoms with Crippen molar-refractivity contribution < 1.29 is 18.6 Å². The van der Waals surface area contributed by atoms with Crippen molar-refractivity contribution in [3.05, 3.63) is 24.0 Å². The molecular formula is C19H23N5O4. The van der Waals surface area contributed by atoms with Crippen LogP contribution < -0.4 is 19.1 Å². The van der Waals surface area contributed by atoms with Gasteiger partial charge in [-0.05, 0) is 18.9 Å². The van der Waals surface area contributed by atoms with E-state index < -0.39 is 0 Å². The number of aryl methyl sites for hydroxylation is 1. The topological polar surface area (TPSA) is 95.6 Å². The summed E-state index contributed by atoms with van der Waals surface area (Å²) < 4.78 is 22.3. The average molecular weight is 385 g/mol. The minimum Gasteiger partial charge on any atom is -0.493 e. The highest BCUT2D eigenvalue weighted by Gasteiger charge is 2.28. The monoisotopic (exact) mass is 385 g/mol. The third-order valence-electron chi connectivity index (χ3n) is 5.06. The minimum absolute atomic E-state index is 0.161.